The molecule has 0 fully saturated rings. The summed E-state index contributed by atoms with van der Waals surface area (Å²) < 4.78 is 33.1. The van der Waals surface area contributed by atoms with E-state index in [1.807, 2.05) is 18.2 Å². The maximum Gasteiger partial charge on any atom is 0.238 e. The van der Waals surface area contributed by atoms with Crippen LogP contribution in [-0.2, 0) is 23.1 Å². The van der Waals surface area contributed by atoms with Crippen LogP contribution in [0, 0.1) is 0 Å². The average Bonchev–Trinajstić information content (AvgIpc) is 2.67. The second-order valence-corrected chi connectivity index (χ2v) is 7.22. The number of methoxy groups -OCH3 is 2. The molecule has 0 saturated heterocycles. The highest BCUT2D eigenvalue weighted by Gasteiger charge is 2.08. The Labute approximate surface area is 182 Å². The van der Waals surface area contributed by atoms with Crippen molar-refractivity contribution in [2.45, 2.75) is 18.0 Å². The number of rotatable bonds is 7. The maximum absolute atomic E-state index is 11.3. The molecule has 0 spiro atoms. The number of primary sulfonamides is 1. The number of guanidine groups is 1. The van der Waals surface area contributed by atoms with E-state index >= 15 is 0 Å². The minimum Gasteiger partial charge on any atom is -0.493 e. The van der Waals surface area contributed by atoms with Gasteiger partial charge >= 0.3 is 0 Å². The van der Waals surface area contributed by atoms with Gasteiger partial charge in [-0.15, -0.1) is 24.0 Å². The van der Waals surface area contributed by atoms with Crippen molar-refractivity contribution in [3.05, 3.63) is 53.6 Å². The molecule has 154 valence electrons. The summed E-state index contributed by atoms with van der Waals surface area (Å²) in [6, 6.07) is 12.0. The minimum atomic E-state index is -3.68. The van der Waals surface area contributed by atoms with Crippen molar-refractivity contribution >= 4 is 40.0 Å². The van der Waals surface area contributed by atoms with E-state index in [0.717, 1.165) is 11.1 Å². The molecule has 0 aromatic heterocycles. The van der Waals surface area contributed by atoms with Gasteiger partial charge in [0.25, 0.3) is 0 Å². The molecule has 2 aromatic rings. The molecule has 0 amide bonds. The summed E-state index contributed by atoms with van der Waals surface area (Å²) in [7, 11) is 1.18. The Morgan fingerprint density at radius 1 is 0.964 bits per heavy atom. The Hall–Kier alpha value is -2.05. The highest BCUT2D eigenvalue weighted by atomic mass is 127. The number of nitrogens with zero attached hydrogens (tertiary/aromatic N) is 1. The maximum atomic E-state index is 11.3. The van der Waals surface area contributed by atoms with Crippen molar-refractivity contribution in [2.75, 3.05) is 21.3 Å². The molecule has 0 aliphatic carbocycles. The van der Waals surface area contributed by atoms with E-state index < -0.39 is 10.0 Å². The van der Waals surface area contributed by atoms with Crippen molar-refractivity contribution in [1.29, 1.82) is 0 Å². The van der Waals surface area contributed by atoms with E-state index in [0.29, 0.717) is 30.5 Å². The Kier molecular flexibility index (Phi) is 9.49. The Morgan fingerprint density at radius 3 is 2.00 bits per heavy atom. The van der Waals surface area contributed by atoms with Crippen molar-refractivity contribution in [1.82, 2.24) is 10.6 Å². The smallest absolute Gasteiger partial charge is 0.238 e. The first-order valence-corrected chi connectivity index (χ1v) is 9.69. The summed E-state index contributed by atoms with van der Waals surface area (Å²) in [6.45, 7) is 1.03. The average molecular weight is 520 g/mol. The molecular formula is C18H25IN4O4S. The predicted molar refractivity (Wildman–Crippen MR) is 120 cm³/mol. The van der Waals surface area contributed by atoms with Crippen LogP contribution in [0.15, 0.2) is 52.4 Å². The number of sulfonamides is 1. The molecule has 8 nitrogen and oxygen atoms in total. The number of nitrogens with two attached hydrogens (primary N) is 1. The fourth-order valence-corrected chi connectivity index (χ4v) is 2.90. The Balaban J connectivity index is 0.00000392. The van der Waals surface area contributed by atoms with Gasteiger partial charge in [-0.05, 0) is 35.4 Å². The second kappa shape index (κ2) is 11.1. The number of halogens is 1. The van der Waals surface area contributed by atoms with Gasteiger partial charge < -0.3 is 20.1 Å². The predicted octanol–water partition coefficient (Wildman–Crippen LogP) is 1.83. The topological polar surface area (TPSA) is 115 Å². The summed E-state index contributed by atoms with van der Waals surface area (Å²) in [5.41, 5.74) is 1.91. The summed E-state index contributed by atoms with van der Waals surface area (Å²) in [4.78, 5) is 4.26. The third-order valence-electron chi connectivity index (χ3n) is 3.84. The molecule has 0 bridgehead atoms. The summed E-state index contributed by atoms with van der Waals surface area (Å²) in [6.07, 6.45) is 0. The molecule has 0 heterocycles. The molecule has 0 unspecified atom stereocenters. The van der Waals surface area contributed by atoms with Gasteiger partial charge in [0.2, 0.25) is 10.0 Å². The van der Waals surface area contributed by atoms with Gasteiger partial charge in [0, 0.05) is 20.1 Å². The van der Waals surface area contributed by atoms with Gasteiger partial charge in [-0.2, -0.15) is 0 Å². The lowest BCUT2D eigenvalue weighted by Crippen LogP contribution is -2.36. The van der Waals surface area contributed by atoms with Gasteiger partial charge in [-0.1, -0.05) is 18.2 Å². The third-order valence-corrected chi connectivity index (χ3v) is 4.77. The quantitative estimate of drug-likeness (QED) is 0.292. The van der Waals surface area contributed by atoms with Gasteiger partial charge in [0.05, 0.1) is 19.1 Å². The van der Waals surface area contributed by atoms with Gasteiger partial charge in [-0.3, -0.25) is 4.99 Å². The van der Waals surface area contributed by atoms with Crippen molar-refractivity contribution < 1.29 is 17.9 Å². The number of nitrogens with one attached hydrogen (secondary N) is 2. The lowest BCUT2D eigenvalue weighted by atomic mass is 10.2. The van der Waals surface area contributed by atoms with Crippen LogP contribution >= 0.6 is 24.0 Å². The van der Waals surface area contributed by atoms with Crippen molar-refractivity contribution in [2.24, 2.45) is 10.1 Å². The number of aliphatic imine (C=N–C) groups is 1. The normalized spacial score (nSPS) is 11.4. The number of benzene rings is 2. The monoisotopic (exact) mass is 520 g/mol. The highest BCUT2D eigenvalue weighted by molar-refractivity contribution is 14.0. The first kappa shape index (κ1) is 24.0. The van der Waals surface area contributed by atoms with Crippen LogP contribution < -0.4 is 25.2 Å². The van der Waals surface area contributed by atoms with Crippen LogP contribution in [0.3, 0.4) is 0 Å². The molecule has 0 aliphatic heterocycles. The molecule has 0 aliphatic rings. The van der Waals surface area contributed by atoms with Crippen molar-refractivity contribution in [3.63, 3.8) is 0 Å². The molecule has 2 aromatic carbocycles. The molecule has 4 N–H and O–H groups in total. The molecule has 0 saturated carbocycles. The fourth-order valence-electron chi connectivity index (χ4n) is 2.38. The zero-order valence-electron chi connectivity index (χ0n) is 15.9. The van der Waals surface area contributed by atoms with Crippen LogP contribution in [0.1, 0.15) is 11.1 Å². The van der Waals surface area contributed by atoms with Gasteiger partial charge in [0.1, 0.15) is 0 Å². The number of ether oxygens (including phenoxy) is 2. The first-order valence-electron chi connectivity index (χ1n) is 8.14. The fraction of sp³-hybridized carbons (Fsp3) is 0.278. The Bertz CT molecular complexity index is 902. The van der Waals surface area contributed by atoms with Crippen LogP contribution in [0.5, 0.6) is 11.5 Å². The van der Waals surface area contributed by atoms with Gasteiger partial charge in [-0.25, -0.2) is 13.6 Å². The van der Waals surface area contributed by atoms with E-state index in [4.69, 9.17) is 14.6 Å². The number of hydrogen-bond acceptors (Lipinski definition) is 5. The largest absolute Gasteiger partial charge is 0.493 e. The molecule has 10 heteroatoms. The Morgan fingerprint density at radius 2 is 1.50 bits per heavy atom. The highest BCUT2D eigenvalue weighted by Crippen LogP contribution is 2.27. The standard InChI is InChI=1S/C18H24N4O4S.HI/c1-20-18(21-11-13-4-7-15(8-5-13)27(19,23)24)22-12-14-6-9-16(25-2)17(10-14)26-3;/h4-10H,11-12H2,1-3H3,(H2,19,23,24)(H2,20,21,22);1H. The zero-order chi connectivity index (χ0) is 19.9. The molecule has 28 heavy (non-hydrogen) atoms. The second-order valence-electron chi connectivity index (χ2n) is 5.66. The minimum absolute atomic E-state index is 0. The van der Waals surface area contributed by atoms with Crippen LogP contribution in [0.25, 0.3) is 0 Å². The zero-order valence-corrected chi connectivity index (χ0v) is 19.1. The van der Waals surface area contributed by atoms with E-state index in [-0.39, 0.29) is 28.9 Å². The molecule has 0 radical (unpaired) electrons. The van der Waals surface area contributed by atoms with Crippen LogP contribution in [0.2, 0.25) is 0 Å². The SMILES string of the molecule is CN=C(NCc1ccc(S(N)(=O)=O)cc1)NCc1ccc(OC)c(OC)c1.I. The van der Waals surface area contributed by atoms with Crippen LogP contribution in [0.4, 0.5) is 0 Å². The van der Waals surface area contributed by atoms with E-state index in [1.54, 1.807) is 33.4 Å². The third kappa shape index (κ3) is 6.84. The summed E-state index contributed by atoms with van der Waals surface area (Å²) in [5, 5.41) is 11.5. The summed E-state index contributed by atoms with van der Waals surface area (Å²) >= 11 is 0. The lowest BCUT2D eigenvalue weighted by molar-refractivity contribution is 0.354. The molecule has 0 atom stereocenters. The number of hydrogen-bond donors (Lipinski definition) is 3. The molecular weight excluding hydrogens is 495 g/mol. The van der Waals surface area contributed by atoms with Crippen LogP contribution in [-0.4, -0.2) is 35.6 Å². The summed E-state index contributed by atoms with van der Waals surface area (Å²) in [5.74, 6) is 1.95. The lowest BCUT2D eigenvalue weighted by Gasteiger charge is -2.13. The van der Waals surface area contributed by atoms with E-state index in [1.165, 1.54) is 12.1 Å². The van der Waals surface area contributed by atoms with E-state index in [9.17, 15) is 8.42 Å². The van der Waals surface area contributed by atoms with Gasteiger partial charge in [0.15, 0.2) is 17.5 Å². The van der Waals surface area contributed by atoms with Crippen molar-refractivity contribution in [3.8, 4) is 11.5 Å². The molecule has 2 rings (SSSR count). The first-order chi connectivity index (χ1) is 12.9. The van der Waals surface area contributed by atoms with E-state index in [2.05, 4.69) is 15.6 Å².